The van der Waals surface area contributed by atoms with Crippen molar-refractivity contribution >= 4 is 5.78 Å². The number of likely N-dealkylation sites (tertiary alicyclic amines) is 1. The maximum absolute atomic E-state index is 12.1. The molecule has 0 bridgehead atoms. The zero-order valence-corrected chi connectivity index (χ0v) is 11.5. The van der Waals surface area contributed by atoms with E-state index in [2.05, 4.69) is 18.7 Å². The molecule has 0 aromatic rings. The Morgan fingerprint density at radius 1 is 1.12 bits per heavy atom. The van der Waals surface area contributed by atoms with Crippen molar-refractivity contribution in [3.8, 4) is 0 Å². The number of ketones is 1. The zero-order chi connectivity index (χ0) is 12.3. The van der Waals surface area contributed by atoms with E-state index in [0.29, 0.717) is 17.1 Å². The van der Waals surface area contributed by atoms with Crippen molar-refractivity contribution in [2.24, 2.45) is 11.3 Å². The van der Waals surface area contributed by atoms with Gasteiger partial charge in [0.15, 0.2) is 0 Å². The number of hydrogen-bond donors (Lipinski definition) is 0. The summed E-state index contributed by atoms with van der Waals surface area (Å²) in [5, 5.41) is 0. The first-order valence-corrected chi connectivity index (χ1v) is 7.32. The van der Waals surface area contributed by atoms with Crippen molar-refractivity contribution < 1.29 is 4.79 Å². The Morgan fingerprint density at radius 3 is 2.53 bits per heavy atom. The van der Waals surface area contributed by atoms with Crippen molar-refractivity contribution in [1.82, 2.24) is 4.90 Å². The molecule has 1 aliphatic heterocycles. The van der Waals surface area contributed by atoms with Crippen molar-refractivity contribution in [3.63, 3.8) is 0 Å². The van der Waals surface area contributed by atoms with E-state index in [9.17, 15) is 4.79 Å². The summed E-state index contributed by atoms with van der Waals surface area (Å²) in [6, 6.07) is 0. The number of carbonyl (C=O) groups is 1. The summed E-state index contributed by atoms with van der Waals surface area (Å²) < 4.78 is 0. The number of hydrogen-bond acceptors (Lipinski definition) is 2. The first-order valence-electron chi connectivity index (χ1n) is 7.32. The second kappa shape index (κ2) is 5.51. The number of rotatable bonds is 3. The molecule has 0 radical (unpaired) electrons. The molecule has 2 rings (SSSR count). The highest BCUT2D eigenvalue weighted by Crippen LogP contribution is 2.30. The quantitative estimate of drug-likeness (QED) is 0.751. The van der Waals surface area contributed by atoms with Crippen LogP contribution < -0.4 is 0 Å². The third kappa shape index (κ3) is 3.80. The van der Waals surface area contributed by atoms with Crippen molar-refractivity contribution in [1.29, 1.82) is 0 Å². The highest BCUT2D eigenvalue weighted by atomic mass is 16.1. The summed E-state index contributed by atoms with van der Waals surface area (Å²) in [6.45, 7) is 7.68. The molecule has 0 N–H and O–H groups in total. The summed E-state index contributed by atoms with van der Waals surface area (Å²) in [5.74, 6) is 0.911. The zero-order valence-electron chi connectivity index (χ0n) is 11.5. The maximum atomic E-state index is 12.1. The molecule has 0 atom stereocenters. The smallest absolute Gasteiger partial charge is 0.149 e. The number of carbonyl (C=O) groups excluding carboxylic acids is 1. The average Bonchev–Trinajstić information content (AvgIpc) is 2.73. The molecule has 0 spiro atoms. The van der Waals surface area contributed by atoms with Crippen LogP contribution in [0.25, 0.3) is 0 Å². The molecule has 2 nitrogen and oxygen atoms in total. The summed E-state index contributed by atoms with van der Waals surface area (Å²) in [5.41, 5.74) is 0.477. The summed E-state index contributed by atoms with van der Waals surface area (Å²) >= 11 is 0. The van der Waals surface area contributed by atoms with Crippen LogP contribution in [0.1, 0.15) is 58.8 Å². The molecular weight excluding hydrogens is 210 g/mol. The lowest BCUT2D eigenvalue weighted by Crippen LogP contribution is -2.33. The van der Waals surface area contributed by atoms with Crippen LogP contribution in [0.15, 0.2) is 0 Å². The molecule has 98 valence electrons. The number of nitrogens with zero attached hydrogens (tertiary/aromatic N) is 1. The van der Waals surface area contributed by atoms with E-state index < -0.39 is 0 Å². The Labute approximate surface area is 106 Å². The maximum Gasteiger partial charge on any atom is 0.149 e. The van der Waals surface area contributed by atoms with Crippen LogP contribution in [-0.2, 0) is 4.79 Å². The van der Waals surface area contributed by atoms with E-state index in [1.807, 2.05) is 0 Å². The molecule has 2 fully saturated rings. The Bertz CT molecular complexity index is 266. The SMILES string of the molecule is CC1(C)CCCN(CC(=O)C2CCCC2)CC1. The van der Waals surface area contributed by atoms with E-state index in [-0.39, 0.29) is 0 Å². The summed E-state index contributed by atoms with van der Waals surface area (Å²) in [7, 11) is 0. The topological polar surface area (TPSA) is 20.3 Å². The fraction of sp³-hybridized carbons (Fsp3) is 0.933. The molecule has 1 saturated carbocycles. The van der Waals surface area contributed by atoms with Gasteiger partial charge in [-0.25, -0.2) is 0 Å². The molecule has 1 saturated heterocycles. The second-order valence-corrected chi connectivity index (χ2v) is 6.74. The van der Waals surface area contributed by atoms with E-state index in [1.54, 1.807) is 0 Å². The lowest BCUT2D eigenvalue weighted by molar-refractivity contribution is -0.123. The molecule has 0 aromatic carbocycles. The summed E-state index contributed by atoms with van der Waals surface area (Å²) in [4.78, 5) is 14.5. The van der Waals surface area contributed by atoms with Crippen LogP contribution in [0.3, 0.4) is 0 Å². The predicted molar refractivity (Wildman–Crippen MR) is 71.0 cm³/mol. The largest absolute Gasteiger partial charge is 0.298 e. The van der Waals surface area contributed by atoms with Gasteiger partial charge in [-0.2, -0.15) is 0 Å². The third-order valence-electron chi connectivity index (χ3n) is 4.62. The Hall–Kier alpha value is -0.370. The van der Waals surface area contributed by atoms with Gasteiger partial charge in [0.2, 0.25) is 0 Å². The van der Waals surface area contributed by atoms with E-state index >= 15 is 0 Å². The average molecular weight is 237 g/mol. The first kappa shape index (κ1) is 13.1. The van der Waals surface area contributed by atoms with Crippen molar-refractivity contribution in [2.75, 3.05) is 19.6 Å². The van der Waals surface area contributed by atoms with Gasteiger partial charge in [0.05, 0.1) is 6.54 Å². The highest BCUT2D eigenvalue weighted by molar-refractivity contribution is 5.83. The van der Waals surface area contributed by atoms with Crippen LogP contribution in [-0.4, -0.2) is 30.3 Å². The fourth-order valence-corrected chi connectivity index (χ4v) is 3.23. The van der Waals surface area contributed by atoms with Gasteiger partial charge < -0.3 is 0 Å². The van der Waals surface area contributed by atoms with Crippen LogP contribution in [0.5, 0.6) is 0 Å². The lowest BCUT2D eigenvalue weighted by Gasteiger charge is -2.23. The van der Waals surface area contributed by atoms with Gasteiger partial charge in [-0.3, -0.25) is 9.69 Å². The standard InChI is InChI=1S/C15H27NO/c1-15(2)8-5-10-16(11-9-15)12-14(17)13-6-3-4-7-13/h13H,3-12H2,1-2H3. The first-order chi connectivity index (χ1) is 8.07. The van der Waals surface area contributed by atoms with Gasteiger partial charge in [0.25, 0.3) is 0 Å². The number of Topliss-reactive ketones (excluding diaryl/α,β-unsaturated/α-hetero) is 1. The Kier molecular flexibility index (Phi) is 4.24. The van der Waals surface area contributed by atoms with Crippen LogP contribution in [0, 0.1) is 11.3 Å². The highest BCUT2D eigenvalue weighted by Gasteiger charge is 2.27. The minimum atomic E-state index is 0.395. The molecule has 2 aliphatic rings. The minimum Gasteiger partial charge on any atom is -0.298 e. The molecular formula is C15H27NO. The van der Waals surface area contributed by atoms with Gasteiger partial charge in [-0.05, 0) is 50.6 Å². The van der Waals surface area contributed by atoms with Gasteiger partial charge in [0.1, 0.15) is 5.78 Å². The predicted octanol–water partition coefficient (Wildman–Crippen LogP) is 3.26. The van der Waals surface area contributed by atoms with E-state index in [0.717, 1.165) is 32.5 Å². The van der Waals surface area contributed by atoms with Crippen molar-refractivity contribution in [3.05, 3.63) is 0 Å². The molecule has 17 heavy (non-hydrogen) atoms. The third-order valence-corrected chi connectivity index (χ3v) is 4.62. The normalized spacial score (nSPS) is 26.9. The molecule has 0 amide bonds. The molecule has 1 heterocycles. The molecule has 2 heteroatoms. The van der Waals surface area contributed by atoms with E-state index in [4.69, 9.17) is 0 Å². The Balaban J connectivity index is 1.80. The van der Waals surface area contributed by atoms with Gasteiger partial charge in [-0.15, -0.1) is 0 Å². The molecule has 1 aliphatic carbocycles. The molecule has 0 unspecified atom stereocenters. The second-order valence-electron chi connectivity index (χ2n) is 6.74. The van der Waals surface area contributed by atoms with Crippen LogP contribution in [0.2, 0.25) is 0 Å². The van der Waals surface area contributed by atoms with Gasteiger partial charge in [0, 0.05) is 5.92 Å². The fourth-order valence-electron chi connectivity index (χ4n) is 3.23. The minimum absolute atomic E-state index is 0.395. The van der Waals surface area contributed by atoms with Gasteiger partial charge >= 0.3 is 0 Å². The summed E-state index contributed by atoms with van der Waals surface area (Å²) in [6.07, 6.45) is 8.64. The molecule has 0 aromatic heterocycles. The van der Waals surface area contributed by atoms with Crippen LogP contribution >= 0.6 is 0 Å². The van der Waals surface area contributed by atoms with Gasteiger partial charge in [-0.1, -0.05) is 26.7 Å². The van der Waals surface area contributed by atoms with Crippen LogP contribution in [0.4, 0.5) is 0 Å². The van der Waals surface area contributed by atoms with Crippen molar-refractivity contribution in [2.45, 2.75) is 58.8 Å². The lowest BCUT2D eigenvalue weighted by atomic mass is 9.85. The monoisotopic (exact) mass is 237 g/mol. The van der Waals surface area contributed by atoms with E-state index in [1.165, 1.54) is 32.1 Å². The Morgan fingerprint density at radius 2 is 1.82 bits per heavy atom.